The molecule has 0 spiro atoms. The lowest BCUT2D eigenvalue weighted by molar-refractivity contribution is -0.110. The monoisotopic (exact) mass is 473 g/mol. The highest BCUT2D eigenvalue weighted by atomic mass is 35.5. The fraction of sp³-hybridized carbons (Fsp3) is 0.154. The zero-order valence-electron chi connectivity index (χ0n) is 18.0. The Morgan fingerprint density at radius 3 is 2.71 bits per heavy atom. The molecular formula is C26H20ClN3O4. The van der Waals surface area contributed by atoms with Crippen LogP contribution in [0.15, 0.2) is 65.2 Å². The highest BCUT2D eigenvalue weighted by Gasteiger charge is 2.31. The van der Waals surface area contributed by atoms with Gasteiger partial charge in [0.25, 0.3) is 5.91 Å². The summed E-state index contributed by atoms with van der Waals surface area (Å²) in [4.78, 5) is 19.1. The van der Waals surface area contributed by atoms with Crippen LogP contribution in [0.1, 0.15) is 17.7 Å². The quantitative estimate of drug-likeness (QED) is 0.283. The minimum absolute atomic E-state index is 0.120. The molecule has 4 heterocycles. The van der Waals surface area contributed by atoms with Crippen molar-refractivity contribution in [1.29, 1.82) is 0 Å². The summed E-state index contributed by atoms with van der Waals surface area (Å²) in [6.45, 7) is 1.44. The molecule has 6 rings (SSSR count). The minimum atomic E-state index is -0.433. The molecule has 4 aromatic rings. The van der Waals surface area contributed by atoms with Gasteiger partial charge in [-0.1, -0.05) is 23.7 Å². The number of amides is 1. The first-order chi connectivity index (χ1) is 16.5. The number of aliphatic hydroxyl groups is 2. The molecule has 3 N–H and O–H groups in total. The molecule has 1 unspecified atom stereocenters. The van der Waals surface area contributed by atoms with Crippen molar-refractivity contribution < 1.29 is 19.4 Å². The van der Waals surface area contributed by atoms with Gasteiger partial charge in [0.2, 0.25) is 0 Å². The highest BCUT2D eigenvalue weighted by molar-refractivity contribution is 6.38. The Kier molecular flexibility index (Phi) is 4.83. The van der Waals surface area contributed by atoms with Crippen LogP contribution in [0.25, 0.3) is 33.6 Å². The van der Waals surface area contributed by atoms with E-state index in [1.54, 1.807) is 36.5 Å². The summed E-state index contributed by atoms with van der Waals surface area (Å²) in [7, 11) is 0. The highest BCUT2D eigenvalue weighted by Crippen LogP contribution is 2.42. The first kappa shape index (κ1) is 20.8. The van der Waals surface area contributed by atoms with Gasteiger partial charge in [0, 0.05) is 42.2 Å². The summed E-state index contributed by atoms with van der Waals surface area (Å²) in [5, 5.41) is 24.0. The number of halogens is 1. The number of hydrogen-bond donors (Lipinski definition) is 3. The maximum Gasteiger partial charge on any atom is 0.260 e. The molecule has 170 valence electrons. The van der Waals surface area contributed by atoms with Crippen LogP contribution in [-0.2, 0) is 4.79 Å². The number of fused-ring (bicyclic) bond motifs is 2. The molecule has 2 aliphatic heterocycles. The van der Waals surface area contributed by atoms with E-state index >= 15 is 0 Å². The van der Waals surface area contributed by atoms with Crippen molar-refractivity contribution in [2.24, 2.45) is 0 Å². The summed E-state index contributed by atoms with van der Waals surface area (Å²) in [5.41, 5.74) is 4.94. The number of anilines is 2. The summed E-state index contributed by atoms with van der Waals surface area (Å²) in [5.74, 6) is -0.525. The Balaban J connectivity index is 1.40. The van der Waals surface area contributed by atoms with Gasteiger partial charge in [0.15, 0.2) is 17.1 Å². The number of benzene rings is 2. The SMILES string of the molecule is O=C1Nc2cc(Cl)c(-c3ccc(N4CCC(O)C4)cc3)cc2/C1=C(/O)c1cc2ncccc2o1. The largest absolute Gasteiger partial charge is 0.504 e. The fourth-order valence-electron chi connectivity index (χ4n) is 4.58. The van der Waals surface area contributed by atoms with Gasteiger partial charge < -0.3 is 24.8 Å². The first-order valence-corrected chi connectivity index (χ1v) is 11.3. The van der Waals surface area contributed by atoms with Gasteiger partial charge in [-0.2, -0.15) is 0 Å². The third-order valence-electron chi connectivity index (χ3n) is 6.32. The lowest BCUT2D eigenvalue weighted by Gasteiger charge is -2.18. The van der Waals surface area contributed by atoms with Crippen LogP contribution < -0.4 is 10.2 Å². The van der Waals surface area contributed by atoms with Gasteiger partial charge in [0.1, 0.15) is 5.52 Å². The number of aliphatic hydroxyl groups excluding tert-OH is 2. The van der Waals surface area contributed by atoms with E-state index in [9.17, 15) is 15.0 Å². The average Bonchev–Trinajstić information content (AvgIpc) is 3.54. The standard InChI is InChI=1S/C26H20ClN3O4/c27-19-11-20-18(10-17(19)14-3-5-15(6-4-14)30-9-7-16(31)13-30)24(26(33)29-20)25(32)23-12-21-22(34-23)2-1-8-28-21/h1-6,8,10-12,16,31-32H,7,9,13H2,(H,29,33)/b25-24-. The molecule has 0 saturated carbocycles. The summed E-state index contributed by atoms with van der Waals surface area (Å²) in [6, 6.07) is 16.5. The normalized spacial score (nSPS) is 18.9. The Morgan fingerprint density at radius 1 is 1.15 bits per heavy atom. The molecule has 1 atom stereocenters. The predicted octanol–water partition coefficient (Wildman–Crippen LogP) is 5.10. The van der Waals surface area contributed by atoms with E-state index in [4.69, 9.17) is 16.0 Å². The molecule has 1 saturated heterocycles. The van der Waals surface area contributed by atoms with Gasteiger partial charge >= 0.3 is 0 Å². The third-order valence-corrected chi connectivity index (χ3v) is 6.63. The minimum Gasteiger partial charge on any atom is -0.504 e. The molecule has 0 bridgehead atoms. The maximum atomic E-state index is 12.8. The van der Waals surface area contributed by atoms with Crippen LogP contribution in [0.3, 0.4) is 0 Å². The Hall–Kier alpha value is -3.81. The van der Waals surface area contributed by atoms with Crippen molar-refractivity contribution in [1.82, 2.24) is 4.98 Å². The van der Waals surface area contributed by atoms with Crippen molar-refractivity contribution in [2.75, 3.05) is 23.3 Å². The van der Waals surface area contributed by atoms with Crippen molar-refractivity contribution in [2.45, 2.75) is 12.5 Å². The first-order valence-electron chi connectivity index (χ1n) is 10.9. The Morgan fingerprint density at radius 2 is 1.97 bits per heavy atom. The smallest absolute Gasteiger partial charge is 0.260 e. The zero-order chi connectivity index (χ0) is 23.4. The van der Waals surface area contributed by atoms with Crippen molar-refractivity contribution in [3.05, 3.63) is 77.1 Å². The summed E-state index contributed by atoms with van der Waals surface area (Å²) < 4.78 is 5.71. The van der Waals surface area contributed by atoms with E-state index < -0.39 is 5.91 Å². The number of pyridine rings is 1. The molecule has 1 amide bonds. The molecule has 0 aliphatic carbocycles. The Labute approximate surface area is 199 Å². The van der Waals surface area contributed by atoms with E-state index in [0.29, 0.717) is 33.9 Å². The number of hydrogen-bond acceptors (Lipinski definition) is 6. The van der Waals surface area contributed by atoms with Crippen molar-refractivity contribution >= 4 is 51.3 Å². The lowest BCUT2D eigenvalue weighted by Crippen LogP contribution is -2.20. The van der Waals surface area contributed by atoms with Gasteiger partial charge in [-0.05, 0) is 48.4 Å². The van der Waals surface area contributed by atoms with E-state index in [2.05, 4.69) is 15.2 Å². The van der Waals surface area contributed by atoms with Gasteiger partial charge in [0.05, 0.1) is 22.4 Å². The predicted molar refractivity (Wildman–Crippen MR) is 132 cm³/mol. The average molecular weight is 474 g/mol. The van der Waals surface area contributed by atoms with Crippen LogP contribution in [0.5, 0.6) is 0 Å². The Bertz CT molecular complexity index is 1440. The number of carbonyl (C=O) groups is 1. The molecular weight excluding hydrogens is 454 g/mol. The molecule has 34 heavy (non-hydrogen) atoms. The second-order valence-corrected chi connectivity index (χ2v) is 8.90. The third kappa shape index (κ3) is 3.41. The molecule has 0 radical (unpaired) electrons. The number of nitrogens with one attached hydrogen (secondary N) is 1. The molecule has 2 aromatic carbocycles. The second-order valence-electron chi connectivity index (χ2n) is 8.49. The number of aromatic nitrogens is 1. The number of nitrogens with zero attached hydrogens (tertiary/aromatic N) is 2. The zero-order valence-corrected chi connectivity index (χ0v) is 18.7. The second kappa shape index (κ2) is 7.90. The summed E-state index contributed by atoms with van der Waals surface area (Å²) >= 11 is 6.57. The number of carbonyl (C=O) groups excluding carboxylic acids is 1. The van der Waals surface area contributed by atoms with Crippen LogP contribution in [0, 0.1) is 0 Å². The van der Waals surface area contributed by atoms with Gasteiger partial charge in [-0.3, -0.25) is 9.78 Å². The summed E-state index contributed by atoms with van der Waals surface area (Å²) in [6.07, 6.45) is 2.10. The lowest BCUT2D eigenvalue weighted by atomic mass is 9.98. The van der Waals surface area contributed by atoms with Crippen molar-refractivity contribution in [3.8, 4) is 11.1 Å². The molecule has 1 fully saturated rings. The number of rotatable bonds is 3. The molecule has 7 nitrogen and oxygen atoms in total. The van der Waals surface area contributed by atoms with E-state index in [0.717, 1.165) is 29.8 Å². The van der Waals surface area contributed by atoms with Gasteiger partial charge in [-0.25, -0.2) is 0 Å². The van der Waals surface area contributed by atoms with Gasteiger partial charge in [-0.15, -0.1) is 0 Å². The van der Waals surface area contributed by atoms with Crippen LogP contribution in [0.2, 0.25) is 5.02 Å². The number of furan rings is 1. The van der Waals surface area contributed by atoms with Crippen molar-refractivity contribution in [3.63, 3.8) is 0 Å². The van der Waals surface area contributed by atoms with Crippen LogP contribution in [-0.4, -0.2) is 40.3 Å². The van der Waals surface area contributed by atoms with Crippen LogP contribution in [0.4, 0.5) is 11.4 Å². The van der Waals surface area contributed by atoms with E-state index in [1.165, 1.54) is 0 Å². The van der Waals surface area contributed by atoms with E-state index in [-0.39, 0.29) is 23.2 Å². The maximum absolute atomic E-state index is 12.8. The molecule has 2 aliphatic rings. The van der Waals surface area contributed by atoms with Crippen LogP contribution >= 0.6 is 11.6 Å². The topological polar surface area (TPSA) is 98.8 Å². The van der Waals surface area contributed by atoms with E-state index in [1.807, 2.05) is 24.3 Å². The molecule has 8 heteroatoms. The number of β-amino-alcohol motifs (C(OH)–C–C–N with tert-alkyl or cyclic N) is 1. The fourth-order valence-corrected chi connectivity index (χ4v) is 4.86. The molecule has 2 aromatic heterocycles.